The lowest BCUT2D eigenvalue weighted by molar-refractivity contribution is 0.131. The Kier molecular flexibility index (Phi) is 5.94. The average molecular weight is 494 g/mol. The number of nitrogens with zero attached hydrogens (tertiary/aromatic N) is 7. The molecule has 0 bridgehead atoms. The van der Waals surface area contributed by atoms with Gasteiger partial charge in [0, 0.05) is 74.2 Å². The fraction of sp³-hybridized carbons (Fsp3) is 0.423. The minimum atomic E-state index is -0.134. The van der Waals surface area contributed by atoms with Crippen molar-refractivity contribution >= 4 is 28.3 Å². The Morgan fingerprint density at radius 3 is 2.49 bits per heavy atom. The molecule has 3 aromatic heterocycles. The second-order valence-corrected chi connectivity index (χ2v) is 10.1. The van der Waals surface area contributed by atoms with Crippen molar-refractivity contribution in [1.82, 2.24) is 29.4 Å². The van der Waals surface area contributed by atoms with E-state index < -0.39 is 0 Å². The second kappa shape index (κ2) is 9.24. The van der Waals surface area contributed by atoms with Gasteiger partial charge < -0.3 is 9.47 Å². The first kappa shape index (κ1) is 22.5. The van der Waals surface area contributed by atoms with Crippen LogP contribution in [-0.2, 0) is 7.05 Å². The average Bonchev–Trinajstić information content (AvgIpc) is 3.52. The molecule has 1 aromatic carbocycles. The maximum atomic E-state index is 14.1. The van der Waals surface area contributed by atoms with Crippen LogP contribution in [0.3, 0.4) is 0 Å². The van der Waals surface area contributed by atoms with Crippen LogP contribution in [0.4, 0.5) is 10.2 Å². The van der Waals surface area contributed by atoms with E-state index in [4.69, 9.17) is 11.6 Å². The Bertz CT molecular complexity index is 1330. The van der Waals surface area contributed by atoms with Gasteiger partial charge >= 0.3 is 0 Å². The van der Waals surface area contributed by atoms with Crippen molar-refractivity contribution in [2.24, 2.45) is 7.05 Å². The van der Waals surface area contributed by atoms with Gasteiger partial charge in [0.1, 0.15) is 5.82 Å². The summed E-state index contributed by atoms with van der Waals surface area (Å²) in [5.74, 6) is 0.738. The van der Waals surface area contributed by atoms with Crippen molar-refractivity contribution in [2.45, 2.75) is 37.8 Å². The molecule has 182 valence electrons. The van der Waals surface area contributed by atoms with Crippen LogP contribution in [0.25, 0.3) is 22.0 Å². The van der Waals surface area contributed by atoms with Gasteiger partial charge in [-0.2, -0.15) is 5.10 Å². The van der Waals surface area contributed by atoms with Crippen molar-refractivity contribution in [3.63, 3.8) is 0 Å². The lowest BCUT2D eigenvalue weighted by Crippen LogP contribution is -2.51. The van der Waals surface area contributed by atoms with Crippen molar-refractivity contribution in [3.8, 4) is 11.1 Å². The van der Waals surface area contributed by atoms with Crippen molar-refractivity contribution in [1.29, 1.82) is 0 Å². The highest BCUT2D eigenvalue weighted by Gasteiger charge is 2.30. The molecule has 1 saturated heterocycles. The van der Waals surface area contributed by atoms with E-state index in [1.54, 1.807) is 10.7 Å². The van der Waals surface area contributed by atoms with E-state index >= 15 is 0 Å². The molecule has 0 amide bonds. The van der Waals surface area contributed by atoms with Gasteiger partial charge in [0.25, 0.3) is 0 Å². The Morgan fingerprint density at radius 1 is 0.971 bits per heavy atom. The molecule has 2 aliphatic rings. The summed E-state index contributed by atoms with van der Waals surface area (Å²) in [5, 5.41) is 14.0. The van der Waals surface area contributed by atoms with E-state index in [0.29, 0.717) is 17.2 Å². The van der Waals surface area contributed by atoms with Crippen LogP contribution in [0, 0.1) is 5.82 Å². The largest absolute Gasteiger partial charge is 0.352 e. The highest BCUT2D eigenvalue weighted by molar-refractivity contribution is 6.29. The van der Waals surface area contributed by atoms with Gasteiger partial charge in [-0.3, -0.25) is 9.58 Å². The molecular formula is C26H29ClFN7. The standard InChI is InChI=1S/C26H29ClFN7/c1-32-17-18(16-29-32)22-15-25(27)30-31-26(22)34-13-11-33(12-14-34)19-5-7-20(8-6-19)35-10-9-21-23(28)3-2-4-24(21)35/h2-4,9-10,15-17,19-20H,5-8,11-14H2,1H3/t19-,20+. The molecular weight excluding hydrogens is 465 g/mol. The summed E-state index contributed by atoms with van der Waals surface area (Å²) >= 11 is 6.18. The smallest absolute Gasteiger partial charge is 0.159 e. The first-order valence-corrected chi connectivity index (χ1v) is 12.7. The summed E-state index contributed by atoms with van der Waals surface area (Å²) in [6.45, 7) is 3.82. The highest BCUT2D eigenvalue weighted by Crippen LogP contribution is 2.35. The zero-order valence-electron chi connectivity index (χ0n) is 19.8. The lowest BCUT2D eigenvalue weighted by Gasteiger charge is -2.42. The molecule has 35 heavy (non-hydrogen) atoms. The topological polar surface area (TPSA) is 55.0 Å². The number of halogens is 2. The number of anilines is 1. The molecule has 1 aliphatic heterocycles. The van der Waals surface area contributed by atoms with Gasteiger partial charge in [-0.05, 0) is 49.9 Å². The number of aryl methyl sites for hydroxylation is 1. The molecule has 2 fully saturated rings. The number of benzene rings is 1. The minimum absolute atomic E-state index is 0.134. The van der Waals surface area contributed by atoms with Gasteiger partial charge in [-0.25, -0.2) is 4.39 Å². The molecule has 1 saturated carbocycles. The third-order valence-electron chi connectivity index (χ3n) is 7.66. The molecule has 4 aromatic rings. The van der Waals surface area contributed by atoms with Crippen molar-refractivity contribution in [2.75, 3.05) is 31.1 Å². The highest BCUT2D eigenvalue weighted by atomic mass is 35.5. The fourth-order valence-electron chi connectivity index (χ4n) is 5.84. The summed E-state index contributed by atoms with van der Waals surface area (Å²) in [4.78, 5) is 4.95. The van der Waals surface area contributed by atoms with E-state index in [0.717, 1.165) is 66.9 Å². The molecule has 4 heterocycles. The minimum Gasteiger partial charge on any atom is -0.352 e. The van der Waals surface area contributed by atoms with Crippen molar-refractivity contribution < 1.29 is 4.39 Å². The molecule has 7 nitrogen and oxygen atoms in total. The number of hydrogen-bond acceptors (Lipinski definition) is 5. The number of fused-ring (bicyclic) bond motifs is 1. The summed E-state index contributed by atoms with van der Waals surface area (Å²) in [6.07, 6.45) is 10.5. The molecule has 1 aliphatic carbocycles. The van der Waals surface area contributed by atoms with Gasteiger partial charge in [0.15, 0.2) is 11.0 Å². The first-order valence-electron chi connectivity index (χ1n) is 12.3. The SMILES string of the molecule is Cn1cc(-c2cc(Cl)nnc2N2CCN([C@H]3CC[C@@H](n4ccc5c(F)cccc54)CC3)CC2)cn1. The molecule has 0 N–H and O–H groups in total. The van der Waals surface area contributed by atoms with Gasteiger partial charge in [-0.15, -0.1) is 10.2 Å². The van der Waals surface area contributed by atoms with Crippen LogP contribution in [0.15, 0.2) is 48.9 Å². The molecule has 0 radical (unpaired) electrons. The quantitative estimate of drug-likeness (QED) is 0.403. The maximum absolute atomic E-state index is 14.1. The van der Waals surface area contributed by atoms with E-state index in [9.17, 15) is 4.39 Å². The summed E-state index contributed by atoms with van der Waals surface area (Å²) in [5.41, 5.74) is 2.98. The Balaban J connectivity index is 1.10. The van der Waals surface area contributed by atoms with Gasteiger partial charge in [0.2, 0.25) is 0 Å². The number of aromatic nitrogens is 5. The fourth-order valence-corrected chi connectivity index (χ4v) is 5.98. The molecule has 0 unspecified atom stereocenters. The summed E-state index contributed by atoms with van der Waals surface area (Å²) in [7, 11) is 1.91. The van der Waals surface area contributed by atoms with Gasteiger partial charge in [-0.1, -0.05) is 17.7 Å². The van der Waals surface area contributed by atoms with E-state index in [1.165, 1.54) is 12.8 Å². The lowest BCUT2D eigenvalue weighted by atomic mass is 9.89. The van der Waals surface area contributed by atoms with Crippen LogP contribution in [0.5, 0.6) is 0 Å². The Labute approximate surface area is 209 Å². The number of hydrogen-bond donors (Lipinski definition) is 0. The third-order valence-corrected chi connectivity index (χ3v) is 7.84. The van der Waals surface area contributed by atoms with Crippen LogP contribution in [0.1, 0.15) is 31.7 Å². The second-order valence-electron chi connectivity index (χ2n) is 9.69. The van der Waals surface area contributed by atoms with E-state index in [1.807, 2.05) is 43.7 Å². The zero-order chi connectivity index (χ0) is 23.9. The summed E-state index contributed by atoms with van der Waals surface area (Å²) < 4.78 is 18.2. The Morgan fingerprint density at radius 2 is 1.74 bits per heavy atom. The zero-order valence-corrected chi connectivity index (χ0v) is 20.6. The van der Waals surface area contributed by atoms with E-state index in [-0.39, 0.29) is 5.82 Å². The predicted molar refractivity (Wildman–Crippen MR) is 136 cm³/mol. The monoisotopic (exact) mass is 493 g/mol. The van der Waals surface area contributed by atoms with Crippen molar-refractivity contribution in [3.05, 3.63) is 59.9 Å². The first-order chi connectivity index (χ1) is 17.1. The number of piperazine rings is 1. The van der Waals surface area contributed by atoms with E-state index in [2.05, 4.69) is 35.9 Å². The molecule has 9 heteroatoms. The molecule has 6 rings (SSSR count). The maximum Gasteiger partial charge on any atom is 0.159 e. The van der Waals surface area contributed by atoms with Gasteiger partial charge in [0.05, 0.1) is 11.7 Å². The van der Waals surface area contributed by atoms with Crippen LogP contribution in [0.2, 0.25) is 5.15 Å². The van der Waals surface area contributed by atoms with Crippen LogP contribution >= 0.6 is 11.6 Å². The van der Waals surface area contributed by atoms with Crippen LogP contribution < -0.4 is 4.90 Å². The third kappa shape index (κ3) is 4.29. The normalized spacial score (nSPS) is 21.6. The number of rotatable bonds is 4. The van der Waals surface area contributed by atoms with Crippen LogP contribution in [-0.4, -0.2) is 61.7 Å². The summed E-state index contributed by atoms with van der Waals surface area (Å²) in [6, 6.07) is 10.2. The predicted octanol–water partition coefficient (Wildman–Crippen LogP) is 4.93. The Hall–Kier alpha value is -2.97. The molecule has 0 atom stereocenters. The molecule has 0 spiro atoms.